The largest absolute Gasteiger partial charge is 0.496 e. The van der Waals surface area contributed by atoms with Crippen molar-refractivity contribution in [3.05, 3.63) is 29.8 Å². The van der Waals surface area contributed by atoms with Gasteiger partial charge in [0.05, 0.1) is 13.2 Å². The Morgan fingerprint density at radius 1 is 1.19 bits per heavy atom. The van der Waals surface area contributed by atoms with Crippen LogP contribution < -0.4 is 10.1 Å². The van der Waals surface area contributed by atoms with Crippen molar-refractivity contribution in [2.75, 3.05) is 7.11 Å². The highest BCUT2D eigenvalue weighted by Crippen LogP contribution is 2.24. The van der Waals surface area contributed by atoms with Gasteiger partial charge in [-0.3, -0.25) is 0 Å². The number of methoxy groups -OCH3 is 1. The molecule has 90 valence electrons. The van der Waals surface area contributed by atoms with Gasteiger partial charge >= 0.3 is 0 Å². The minimum Gasteiger partial charge on any atom is -0.496 e. The van der Waals surface area contributed by atoms with Crippen molar-refractivity contribution >= 4 is 0 Å². The van der Waals surface area contributed by atoms with E-state index in [1.807, 2.05) is 31.2 Å². The summed E-state index contributed by atoms with van der Waals surface area (Å²) in [6.45, 7) is 5.82. The molecule has 0 amide bonds. The van der Waals surface area contributed by atoms with Gasteiger partial charge in [0, 0.05) is 17.6 Å². The number of rotatable bonds is 5. The molecule has 3 nitrogen and oxygen atoms in total. The number of hydrogen-bond donors (Lipinski definition) is 2. The first-order valence-corrected chi connectivity index (χ1v) is 5.63. The van der Waals surface area contributed by atoms with Gasteiger partial charge in [-0.2, -0.15) is 0 Å². The summed E-state index contributed by atoms with van der Waals surface area (Å²) in [7, 11) is 1.67. The molecular weight excluding hydrogens is 202 g/mol. The lowest BCUT2D eigenvalue weighted by Gasteiger charge is -2.23. The molecule has 0 aliphatic heterocycles. The molecule has 1 aromatic rings. The van der Waals surface area contributed by atoms with Gasteiger partial charge < -0.3 is 15.2 Å². The Balaban J connectivity index is 2.76. The first-order chi connectivity index (χ1) is 7.56. The van der Waals surface area contributed by atoms with Crippen molar-refractivity contribution in [3.8, 4) is 5.75 Å². The summed E-state index contributed by atoms with van der Waals surface area (Å²) in [5, 5.41) is 12.8. The second kappa shape index (κ2) is 5.87. The Hall–Kier alpha value is -1.06. The Morgan fingerprint density at radius 2 is 1.81 bits per heavy atom. The van der Waals surface area contributed by atoms with Crippen LogP contribution in [-0.4, -0.2) is 24.4 Å². The van der Waals surface area contributed by atoms with Crippen LogP contribution >= 0.6 is 0 Å². The van der Waals surface area contributed by atoms with Crippen LogP contribution in [0.25, 0.3) is 0 Å². The van der Waals surface area contributed by atoms with E-state index in [1.54, 1.807) is 14.0 Å². The molecule has 0 aromatic heterocycles. The van der Waals surface area contributed by atoms with Crippen molar-refractivity contribution in [2.24, 2.45) is 0 Å². The maximum absolute atomic E-state index is 9.45. The first kappa shape index (κ1) is 13.0. The van der Waals surface area contributed by atoms with E-state index in [0.29, 0.717) is 0 Å². The van der Waals surface area contributed by atoms with E-state index in [2.05, 4.69) is 12.2 Å². The predicted octanol–water partition coefficient (Wildman–Crippen LogP) is 2.12. The van der Waals surface area contributed by atoms with Gasteiger partial charge in [0.1, 0.15) is 5.75 Å². The molecule has 2 N–H and O–H groups in total. The minimum atomic E-state index is -0.364. The van der Waals surface area contributed by atoms with Gasteiger partial charge in [0.25, 0.3) is 0 Å². The number of aliphatic hydroxyl groups is 1. The molecule has 3 heteroatoms. The van der Waals surface area contributed by atoms with Crippen molar-refractivity contribution in [3.63, 3.8) is 0 Å². The summed E-state index contributed by atoms with van der Waals surface area (Å²) in [6.07, 6.45) is -0.364. The lowest BCUT2D eigenvalue weighted by Crippen LogP contribution is -2.37. The molecule has 0 saturated carbocycles. The third-order valence-corrected chi connectivity index (χ3v) is 2.84. The lowest BCUT2D eigenvalue weighted by atomic mass is 10.1. The van der Waals surface area contributed by atoms with Gasteiger partial charge in [0.15, 0.2) is 0 Å². The first-order valence-electron chi connectivity index (χ1n) is 5.63. The molecule has 0 saturated heterocycles. The Labute approximate surface area is 97.4 Å². The van der Waals surface area contributed by atoms with Gasteiger partial charge in [-0.05, 0) is 26.8 Å². The van der Waals surface area contributed by atoms with Crippen molar-refractivity contribution in [2.45, 2.75) is 39.0 Å². The number of aliphatic hydroxyl groups excluding tert-OH is 1. The average Bonchev–Trinajstić information content (AvgIpc) is 2.28. The van der Waals surface area contributed by atoms with E-state index in [9.17, 15) is 5.11 Å². The van der Waals surface area contributed by atoms with Crippen LogP contribution in [0.1, 0.15) is 32.4 Å². The van der Waals surface area contributed by atoms with Gasteiger partial charge in [0.2, 0.25) is 0 Å². The molecule has 0 bridgehead atoms. The number of benzene rings is 1. The second-order valence-electron chi connectivity index (χ2n) is 4.16. The number of hydrogen-bond acceptors (Lipinski definition) is 3. The maximum atomic E-state index is 9.45. The molecule has 2 unspecified atom stereocenters. The molecule has 0 heterocycles. The van der Waals surface area contributed by atoms with E-state index in [1.165, 1.54) is 0 Å². The van der Waals surface area contributed by atoms with Crippen LogP contribution in [0.15, 0.2) is 24.3 Å². The monoisotopic (exact) mass is 223 g/mol. The second-order valence-corrected chi connectivity index (χ2v) is 4.16. The molecular formula is C13H21NO2. The van der Waals surface area contributed by atoms with Crippen molar-refractivity contribution in [1.82, 2.24) is 5.32 Å². The Kier molecular flexibility index (Phi) is 4.77. The highest BCUT2D eigenvalue weighted by Gasteiger charge is 2.15. The Morgan fingerprint density at radius 3 is 2.38 bits per heavy atom. The number of ether oxygens (including phenoxy) is 1. The van der Waals surface area contributed by atoms with E-state index in [0.717, 1.165) is 11.3 Å². The molecule has 0 spiro atoms. The van der Waals surface area contributed by atoms with Gasteiger partial charge in [-0.15, -0.1) is 0 Å². The molecule has 3 atom stereocenters. The molecule has 1 rings (SSSR count). The van der Waals surface area contributed by atoms with E-state index in [-0.39, 0.29) is 18.2 Å². The zero-order chi connectivity index (χ0) is 12.1. The van der Waals surface area contributed by atoms with Gasteiger partial charge in [-0.25, -0.2) is 0 Å². The third-order valence-electron chi connectivity index (χ3n) is 2.84. The fourth-order valence-corrected chi connectivity index (χ4v) is 1.65. The van der Waals surface area contributed by atoms with E-state index >= 15 is 0 Å². The quantitative estimate of drug-likeness (QED) is 0.803. The topological polar surface area (TPSA) is 41.5 Å². The molecule has 0 aliphatic carbocycles. The summed E-state index contributed by atoms with van der Waals surface area (Å²) in [5.74, 6) is 0.875. The third kappa shape index (κ3) is 3.22. The fourth-order valence-electron chi connectivity index (χ4n) is 1.65. The van der Waals surface area contributed by atoms with Crippen LogP contribution in [0.5, 0.6) is 5.75 Å². The van der Waals surface area contributed by atoms with Crippen LogP contribution in [0.3, 0.4) is 0 Å². The van der Waals surface area contributed by atoms with E-state index in [4.69, 9.17) is 4.74 Å². The summed E-state index contributed by atoms with van der Waals surface area (Å²) >= 11 is 0. The molecule has 1 aromatic carbocycles. The molecule has 16 heavy (non-hydrogen) atoms. The summed E-state index contributed by atoms with van der Waals surface area (Å²) < 4.78 is 5.31. The van der Waals surface area contributed by atoms with Gasteiger partial charge in [-0.1, -0.05) is 18.2 Å². The summed E-state index contributed by atoms with van der Waals surface area (Å²) in [5.41, 5.74) is 1.11. The van der Waals surface area contributed by atoms with Crippen molar-refractivity contribution in [1.29, 1.82) is 0 Å². The fraction of sp³-hybridized carbons (Fsp3) is 0.538. The smallest absolute Gasteiger partial charge is 0.123 e. The SMILES string of the molecule is COc1ccccc1[C@@H](C)NC(C)C(C)O. The summed E-state index contributed by atoms with van der Waals surface area (Å²) in [4.78, 5) is 0. The standard InChI is InChI=1S/C13H21NO2/c1-9(11(3)15)14-10(2)12-7-5-6-8-13(12)16-4/h5-11,14-15H,1-4H3/t9?,10-,11?/m1/s1. The summed E-state index contributed by atoms with van der Waals surface area (Å²) in [6, 6.07) is 8.13. The number of nitrogens with one attached hydrogen (secondary N) is 1. The average molecular weight is 223 g/mol. The molecule has 0 aliphatic rings. The van der Waals surface area contributed by atoms with Crippen molar-refractivity contribution < 1.29 is 9.84 Å². The predicted molar refractivity (Wildman–Crippen MR) is 65.7 cm³/mol. The molecule has 0 radical (unpaired) electrons. The maximum Gasteiger partial charge on any atom is 0.123 e. The lowest BCUT2D eigenvalue weighted by molar-refractivity contribution is 0.147. The zero-order valence-corrected chi connectivity index (χ0v) is 10.4. The molecule has 0 fully saturated rings. The highest BCUT2D eigenvalue weighted by atomic mass is 16.5. The highest BCUT2D eigenvalue weighted by molar-refractivity contribution is 5.35. The van der Waals surface area contributed by atoms with Crippen LogP contribution in [0.2, 0.25) is 0 Å². The van der Waals surface area contributed by atoms with Crippen LogP contribution in [0, 0.1) is 0 Å². The van der Waals surface area contributed by atoms with E-state index < -0.39 is 0 Å². The zero-order valence-electron chi connectivity index (χ0n) is 10.4. The minimum absolute atomic E-state index is 0.0555. The Bertz CT molecular complexity index is 325. The normalized spacial score (nSPS) is 16.6. The number of para-hydroxylation sites is 1. The van der Waals surface area contributed by atoms with Crippen LogP contribution in [-0.2, 0) is 0 Å². The van der Waals surface area contributed by atoms with Crippen LogP contribution in [0.4, 0.5) is 0 Å².